The Bertz CT molecular complexity index is 650. The second kappa shape index (κ2) is 6.89. The Morgan fingerprint density at radius 3 is 2.32 bits per heavy atom. The Labute approximate surface area is 129 Å². The zero-order valence-corrected chi connectivity index (χ0v) is 13.0. The molecule has 1 fully saturated rings. The molecule has 0 bridgehead atoms. The first-order valence-corrected chi connectivity index (χ1v) is 8.64. The highest BCUT2D eigenvalue weighted by Crippen LogP contribution is 2.07. The largest absolute Gasteiger partial charge is 0.322 e. The van der Waals surface area contributed by atoms with Crippen LogP contribution in [0.3, 0.4) is 0 Å². The van der Waals surface area contributed by atoms with Gasteiger partial charge < -0.3 is 10.2 Å². The fraction of sp³-hybridized carbons (Fsp3) is 0.357. The van der Waals surface area contributed by atoms with Gasteiger partial charge in [0.25, 0.3) is 0 Å². The van der Waals surface area contributed by atoms with Crippen LogP contribution in [0.1, 0.15) is 5.56 Å². The summed E-state index contributed by atoms with van der Waals surface area (Å²) in [6, 6.07) is 5.59. The van der Waals surface area contributed by atoms with Crippen LogP contribution in [0.5, 0.6) is 0 Å². The second-order valence-corrected chi connectivity index (χ2v) is 6.97. The van der Waals surface area contributed by atoms with Crippen molar-refractivity contribution in [3.63, 3.8) is 0 Å². The molecular weight excluding hydrogens is 309 g/mol. The molecule has 120 valence electrons. The molecule has 1 aliphatic rings. The highest BCUT2D eigenvalue weighted by Gasteiger charge is 2.25. The molecular formula is C14H18FN3O3S. The lowest BCUT2D eigenvalue weighted by molar-refractivity contribution is 0.176. The molecule has 0 aromatic heterocycles. The zero-order chi connectivity index (χ0) is 16.2. The fourth-order valence-electron chi connectivity index (χ4n) is 2.10. The molecule has 0 atom stereocenters. The first-order chi connectivity index (χ1) is 10.4. The Morgan fingerprint density at radius 2 is 1.77 bits per heavy atom. The van der Waals surface area contributed by atoms with Gasteiger partial charge in [-0.3, -0.25) is 0 Å². The van der Waals surface area contributed by atoms with Crippen molar-refractivity contribution >= 4 is 22.1 Å². The van der Waals surface area contributed by atoms with E-state index in [1.807, 2.05) is 0 Å². The van der Waals surface area contributed by atoms with Crippen LogP contribution in [0.2, 0.25) is 0 Å². The van der Waals surface area contributed by atoms with Gasteiger partial charge in [-0.05, 0) is 23.8 Å². The molecule has 0 saturated carbocycles. The van der Waals surface area contributed by atoms with Crippen LogP contribution in [0, 0.1) is 5.82 Å². The van der Waals surface area contributed by atoms with Crippen molar-refractivity contribution in [3.8, 4) is 0 Å². The Morgan fingerprint density at radius 1 is 1.18 bits per heavy atom. The lowest BCUT2D eigenvalue weighted by Crippen LogP contribution is -2.52. The number of halogens is 1. The first-order valence-electron chi connectivity index (χ1n) is 6.79. The summed E-state index contributed by atoms with van der Waals surface area (Å²) in [5.41, 5.74) is 0.767. The van der Waals surface area contributed by atoms with Crippen LogP contribution >= 0.6 is 0 Å². The Hall–Kier alpha value is -1.93. The molecule has 1 saturated heterocycles. The Kier molecular flexibility index (Phi) is 5.15. The van der Waals surface area contributed by atoms with E-state index in [-0.39, 0.29) is 11.8 Å². The molecule has 0 unspecified atom stereocenters. The van der Waals surface area contributed by atoms with Gasteiger partial charge in [-0.1, -0.05) is 12.1 Å². The molecule has 0 spiro atoms. The number of benzene rings is 1. The van der Waals surface area contributed by atoms with Crippen molar-refractivity contribution in [2.24, 2.45) is 0 Å². The molecule has 6 nitrogen and oxygen atoms in total. The molecule has 1 aromatic carbocycles. The van der Waals surface area contributed by atoms with Gasteiger partial charge in [0.1, 0.15) is 5.82 Å². The second-order valence-electron chi connectivity index (χ2n) is 4.98. The van der Waals surface area contributed by atoms with Crippen LogP contribution < -0.4 is 5.32 Å². The number of nitrogens with one attached hydrogen (secondary N) is 1. The lowest BCUT2D eigenvalue weighted by atomic mass is 10.2. The molecule has 2 rings (SSSR count). The van der Waals surface area contributed by atoms with E-state index in [1.165, 1.54) is 22.6 Å². The summed E-state index contributed by atoms with van der Waals surface area (Å²) >= 11 is 0. The number of hydrogen-bond donors (Lipinski definition) is 1. The molecule has 2 amide bonds. The number of amides is 2. The molecule has 1 aromatic rings. The smallest absolute Gasteiger partial charge is 0.321 e. The highest BCUT2D eigenvalue weighted by molar-refractivity contribution is 7.88. The van der Waals surface area contributed by atoms with Gasteiger partial charge >= 0.3 is 6.03 Å². The maximum Gasteiger partial charge on any atom is 0.321 e. The summed E-state index contributed by atoms with van der Waals surface area (Å²) in [4.78, 5) is 13.5. The van der Waals surface area contributed by atoms with Crippen LogP contribution in [-0.2, 0) is 10.0 Å². The number of carbonyl (C=O) groups is 1. The topological polar surface area (TPSA) is 69.7 Å². The minimum Gasteiger partial charge on any atom is -0.322 e. The zero-order valence-electron chi connectivity index (χ0n) is 12.2. The number of carbonyl (C=O) groups excluding carboxylic acids is 1. The van der Waals surface area contributed by atoms with Crippen molar-refractivity contribution in [3.05, 3.63) is 41.8 Å². The van der Waals surface area contributed by atoms with Gasteiger partial charge in [0.15, 0.2) is 0 Å². The minimum absolute atomic E-state index is 0.286. The summed E-state index contributed by atoms with van der Waals surface area (Å²) in [6.45, 7) is 1.30. The van der Waals surface area contributed by atoms with E-state index in [2.05, 4.69) is 5.32 Å². The quantitative estimate of drug-likeness (QED) is 0.903. The van der Waals surface area contributed by atoms with Crippen LogP contribution in [-0.4, -0.2) is 56.1 Å². The summed E-state index contributed by atoms with van der Waals surface area (Å²) in [7, 11) is -3.20. The van der Waals surface area contributed by atoms with Gasteiger partial charge in [0, 0.05) is 32.4 Å². The van der Waals surface area contributed by atoms with Crippen molar-refractivity contribution in [2.75, 3.05) is 32.4 Å². The normalized spacial score (nSPS) is 16.9. The number of piperazine rings is 1. The third kappa shape index (κ3) is 4.54. The maximum absolute atomic E-state index is 12.7. The van der Waals surface area contributed by atoms with E-state index >= 15 is 0 Å². The third-order valence-corrected chi connectivity index (χ3v) is 4.65. The van der Waals surface area contributed by atoms with E-state index < -0.39 is 10.0 Å². The highest BCUT2D eigenvalue weighted by atomic mass is 32.2. The third-order valence-electron chi connectivity index (χ3n) is 3.35. The number of nitrogens with zero attached hydrogens (tertiary/aromatic N) is 2. The van der Waals surface area contributed by atoms with E-state index in [0.29, 0.717) is 26.2 Å². The van der Waals surface area contributed by atoms with E-state index in [9.17, 15) is 17.6 Å². The van der Waals surface area contributed by atoms with Gasteiger partial charge in [-0.25, -0.2) is 17.6 Å². The van der Waals surface area contributed by atoms with Crippen LogP contribution in [0.15, 0.2) is 30.5 Å². The van der Waals surface area contributed by atoms with Crippen molar-refractivity contribution < 1.29 is 17.6 Å². The van der Waals surface area contributed by atoms with Crippen LogP contribution in [0.4, 0.5) is 9.18 Å². The van der Waals surface area contributed by atoms with Crippen molar-refractivity contribution in [2.45, 2.75) is 0 Å². The van der Waals surface area contributed by atoms with Crippen molar-refractivity contribution in [1.82, 2.24) is 14.5 Å². The number of hydrogen-bond acceptors (Lipinski definition) is 3. The van der Waals surface area contributed by atoms with Crippen molar-refractivity contribution in [1.29, 1.82) is 0 Å². The maximum atomic E-state index is 12.7. The fourth-order valence-corrected chi connectivity index (χ4v) is 2.92. The summed E-state index contributed by atoms with van der Waals surface area (Å²) < 4.78 is 36.9. The van der Waals surface area contributed by atoms with Gasteiger partial charge in [0.2, 0.25) is 10.0 Å². The SMILES string of the molecule is CS(=O)(=O)N1CCN(C(=O)N/C=C/c2ccc(F)cc2)CC1. The van der Waals surface area contributed by atoms with Gasteiger partial charge in [-0.15, -0.1) is 0 Å². The summed E-state index contributed by atoms with van der Waals surface area (Å²) in [6.07, 6.45) is 4.30. The average Bonchev–Trinajstić information content (AvgIpc) is 2.48. The molecule has 22 heavy (non-hydrogen) atoms. The predicted octanol–water partition coefficient (Wildman–Crippen LogP) is 1.08. The average molecular weight is 327 g/mol. The number of rotatable bonds is 3. The monoisotopic (exact) mass is 327 g/mol. The first kappa shape index (κ1) is 16.4. The lowest BCUT2D eigenvalue weighted by Gasteiger charge is -2.32. The van der Waals surface area contributed by atoms with Gasteiger partial charge in [0.05, 0.1) is 6.26 Å². The molecule has 0 radical (unpaired) electrons. The number of urea groups is 1. The molecule has 1 aliphatic heterocycles. The summed E-state index contributed by atoms with van der Waals surface area (Å²) in [5.74, 6) is -0.315. The molecule has 0 aliphatic carbocycles. The minimum atomic E-state index is -3.20. The Balaban J connectivity index is 1.82. The van der Waals surface area contributed by atoms with Crippen LogP contribution in [0.25, 0.3) is 6.08 Å². The molecule has 8 heteroatoms. The molecule has 1 N–H and O–H groups in total. The predicted molar refractivity (Wildman–Crippen MR) is 82.0 cm³/mol. The van der Waals surface area contributed by atoms with E-state index in [4.69, 9.17) is 0 Å². The summed E-state index contributed by atoms with van der Waals surface area (Å²) in [5, 5.41) is 2.61. The standard InChI is InChI=1S/C14H18FN3O3S/c1-22(20,21)18-10-8-17(9-11-18)14(19)16-7-6-12-2-4-13(15)5-3-12/h2-7H,8-11H2,1H3,(H,16,19)/b7-6+. The van der Waals surface area contributed by atoms with Gasteiger partial charge in [-0.2, -0.15) is 4.31 Å². The van der Waals surface area contributed by atoms with E-state index in [0.717, 1.165) is 11.8 Å². The number of sulfonamides is 1. The van der Waals surface area contributed by atoms with E-state index in [1.54, 1.807) is 23.1 Å². The molecule has 1 heterocycles.